The number of hydrogen-bond acceptors (Lipinski definition) is 5. The predicted molar refractivity (Wildman–Crippen MR) is 116 cm³/mol. The molecule has 31 heavy (non-hydrogen) atoms. The molecule has 1 fully saturated rings. The summed E-state index contributed by atoms with van der Waals surface area (Å²) in [7, 11) is -0.129. The Labute approximate surface area is 181 Å². The van der Waals surface area contributed by atoms with E-state index in [2.05, 4.69) is 15.3 Å². The second-order valence-electron chi connectivity index (χ2n) is 7.79. The maximum atomic E-state index is 13.1. The fourth-order valence-electron chi connectivity index (χ4n) is 3.98. The standard InChI is InChI=1S/C21H26N6O3S/c1-15-19(14-23-26(15)3)31(29,30)27-11-9-16(10-12-27)20-18(13-22-24-20)21(28)25(2)17-7-5-4-6-8-17/h4-8,13-14,16H,9-12H2,1-3H3,(H,22,24). The highest BCUT2D eigenvalue weighted by Gasteiger charge is 2.34. The van der Waals surface area contributed by atoms with E-state index in [1.54, 1.807) is 36.8 Å². The lowest BCUT2D eigenvalue weighted by molar-refractivity contribution is 0.0991. The molecule has 9 nitrogen and oxygen atoms in total. The van der Waals surface area contributed by atoms with Crippen LogP contribution in [0.25, 0.3) is 0 Å². The molecule has 0 aliphatic carbocycles. The van der Waals surface area contributed by atoms with Crippen LogP contribution in [0, 0.1) is 6.92 Å². The molecular weight excluding hydrogens is 416 g/mol. The number of benzene rings is 1. The highest BCUT2D eigenvalue weighted by molar-refractivity contribution is 7.89. The summed E-state index contributed by atoms with van der Waals surface area (Å²) in [6, 6.07) is 9.42. The normalized spacial score (nSPS) is 15.8. The summed E-state index contributed by atoms with van der Waals surface area (Å²) >= 11 is 0. The molecule has 0 saturated carbocycles. The zero-order valence-corrected chi connectivity index (χ0v) is 18.6. The number of para-hydroxylation sites is 1. The van der Waals surface area contributed by atoms with Crippen LogP contribution in [0.3, 0.4) is 0 Å². The van der Waals surface area contributed by atoms with Crippen LogP contribution in [0.2, 0.25) is 0 Å². The summed E-state index contributed by atoms with van der Waals surface area (Å²) in [5, 5.41) is 11.2. The molecule has 3 aromatic rings. The first-order valence-corrected chi connectivity index (χ1v) is 11.6. The van der Waals surface area contributed by atoms with Crippen molar-refractivity contribution in [1.82, 2.24) is 24.3 Å². The van der Waals surface area contributed by atoms with Gasteiger partial charge in [-0.15, -0.1) is 0 Å². The lowest BCUT2D eigenvalue weighted by atomic mass is 9.92. The van der Waals surface area contributed by atoms with Gasteiger partial charge in [0, 0.05) is 38.8 Å². The SMILES string of the molecule is Cc1c(S(=O)(=O)N2CCC(c3[nH]ncc3C(=O)N(C)c3ccccc3)CC2)cnn1C. The molecule has 0 atom stereocenters. The zero-order chi connectivity index (χ0) is 22.2. The molecule has 10 heteroatoms. The van der Waals surface area contributed by atoms with Gasteiger partial charge in [-0.2, -0.15) is 14.5 Å². The smallest absolute Gasteiger partial charge is 0.261 e. The van der Waals surface area contributed by atoms with Crippen molar-refractivity contribution in [2.75, 3.05) is 25.0 Å². The Kier molecular flexibility index (Phi) is 5.67. The number of anilines is 1. The van der Waals surface area contributed by atoms with Gasteiger partial charge in [0.1, 0.15) is 4.90 Å². The number of carbonyl (C=O) groups is 1. The van der Waals surface area contributed by atoms with Gasteiger partial charge < -0.3 is 4.90 Å². The van der Waals surface area contributed by atoms with Gasteiger partial charge in [-0.1, -0.05) is 18.2 Å². The largest absolute Gasteiger partial charge is 0.311 e. The highest BCUT2D eigenvalue weighted by Crippen LogP contribution is 2.32. The average molecular weight is 443 g/mol. The number of hydrogen-bond donors (Lipinski definition) is 1. The number of rotatable bonds is 5. The predicted octanol–water partition coefficient (Wildman–Crippen LogP) is 2.30. The molecule has 0 radical (unpaired) electrons. The number of aryl methyl sites for hydroxylation is 1. The Morgan fingerprint density at radius 1 is 1.16 bits per heavy atom. The summed E-state index contributed by atoms with van der Waals surface area (Å²) in [4.78, 5) is 14.9. The third-order valence-electron chi connectivity index (χ3n) is 6.02. The van der Waals surface area contributed by atoms with E-state index in [0.29, 0.717) is 37.2 Å². The molecule has 2 aromatic heterocycles. The Bertz CT molecular complexity index is 1180. The summed E-state index contributed by atoms with van der Waals surface area (Å²) in [6.07, 6.45) is 4.17. The molecule has 0 spiro atoms. The van der Waals surface area contributed by atoms with Gasteiger partial charge in [0.05, 0.1) is 29.3 Å². The third-order valence-corrected chi connectivity index (χ3v) is 8.02. The van der Waals surface area contributed by atoms with Crippen LogP contribution >= 0.6 is 0 Å². The fourth-order valence-corrected chi connectivity index (χ4v) is 5.64. The molecule has 1 aliphatic heterocycles. The molecule has 1 aliphatic rings. The molecule has 0 unspecified atom stereocenters. The number of carbonyl (C=O) groups excluding carboxylic acids is 1. The minimum Gasteiger partial charge on any atom is -0.311 e. The van der Waals surface area contributed by atoms with E-state index >= 15 is 0 Å². The topological polar surface area (TPSA) is 104 Å². The van der Waals surface area contributed by atoms with Gasteiger partial charge in [-0.25, -0.2) is 8.42 Å². The first-order valence-electron chi connectivity index (χ1n) is 10.2. The molecule has 1 aromatic carbocycles. The summed E-state index contributed by atoms with van der Waals surface area (Å²) in [5.74, 6) is -0.108. The van der Waals surface area contributed by atoms with E-state index in [4.69, 9.17) is 0 Å². The van der Waals surface area contributed by atoms with Crippen LogP contribution in [0.15, 0.2) is 47.6 Å². The second kappa shape index (κ2) is 8.27. The first kappa shape index (κ1) is 21.3. The number of aromatic nitrogens is 4. The van der Waals surface area contributed by atoms with Crippen molar-refractivity contribution in [3.8, 4) is 0 Å². The number of nitrogens with one attached hydrogen (secondary N) is 1. The van der Waals surface area contributed by atoms with E-state index in [1.807, 2.05) is 30.3 Å². The summed E-state index contributed by atoms with van der Waals surface area (Å²) in [6.45, 7) is 2.50. The van der Waals surface area contributed by atoms with Crippen LogP contribution in [0.5, 0.6) is 0 Å². The quantitative estimate of drug-likeness (QED) is 0.653. The molecule has 4 rings (SSSR count). The van der Waals surface area contributed by atoms with Gasteiger partial charge in [0.25, 0.3) is 5.91 Å². The number of aromatic amines is 1. The number of amides is 1. The van der Waals surface area contributed by atoms with Crippen molar-refractivity contribution < 1.29 is 13.2 Å². The van der Waals surface area contributed by atoms with Crippen molar-refractivity contribution in [1.29, 1.82) is 0 Å². The van der Waals surface area contributed by atoms with Crippen molar-refractivity contribution >= 4 is 21.6 Å². The van der Waals surface area contributed by atoms with Crippen LogP contribution < -0.4 is 4.90 Å². The maximum Gasteiger partial charge on any atom is 0.261 e. The first-order chi connectivity index (χ1) is 14.8. The van der Waals surface area contributed by atoms with E-state index in [-0.39, 0.29) is 16.7 Å². The van der Waals surface area contributed by atoms with Crippen molar-refractivity contribution in [3.05, 3.63) is 59.7 Å². The van der Waals surface area contributed by atoms with E-state index in [1.165, 1.54) is 10.5 Å². The van der Waals surface area contributed by atoms with Crippen LogP contribution in [0.1, 0.15) is 40.5 Å². The zero-order valence-electron chi connectivity index (χ0n) is 17.8. The monoisotopic (exact) mass is 442 g/mol. The number of sulfonamides is 1. The Hall–Kier alpha value is -2.98. The molecule has 1 amide bonds. The highest BCUT2D eigenvalue weighted by atomic mass is 32.2. The fraction of sp³-hybridized carbons (Fsp3) is 0.381. The van der Waals surface area contributed by atoms with Crippen molar-refractivity contribution in [3.63, 3.8) is 0 Å². The molecule has 1 N–H and O–H groups in total. The van der Waals surface area contributed by atoms with Crippen molar-refractivity contribution in [2.24, 2.45) is 7.05 Å². The molecule has 3 heterocycles. The molecule has 164 valence electrons. The molecular formula is C21H26N6O3S. The Morgan fingerprint density at radius 2 is 1.84 bits per heavy atom. The van der Waals surface area contributed by atoms with Crippen LogP contribution in [-0.2, 0) is 17.1 Å². The van der Waals surface area contributed by atoms with E-state index in [9.17, 15) is 13.2 Å². The van der Waals surface area contributed by atoms with Crippen LogP contribution in [0.4, 0.5) is 5.69 Å². The van der Waals surface area contributed by atoms with Gasteiger partial charge in [-0.3, -0.25) is 14.6 Å². The minimum absolute atomic E-state index is 0.0343. The van der Waals surface area contributed by atoms with E-state index in [0.717, 1.165) is 11.4 Å². The lowest BCUT2D eigenvalue weighted by Gasteiger charge is -2.31. The average Bonchev–Trinajstić information content (AvgIpc) is 3.41. The summed E-state index contributed by atoms with van der Waals surface area (Å²) < 4.78 is 29.1. The Morgan fingerprint density at radius 3 is 2.45 bits per heavy atom. The molecule has 0 bridgehead atoms. The minimum atomic E-state index is -3.59. The number of piperidine rings is 1. The van der Waals surface area contributed by atoms with E-state index < -0.39 is 10.0 Å². The van der Waals surface area contributed by atoms with Crippen molar-refractivity contribution in [2.45, 2.75) is 30.6 Å². The van der Waals surface area contributed by atoms with Gasteiger partial charge in [0.15, 0.2) is 0 Å². The number of nitrogens with zero attached hydrogens (tertiary/aromatic N) is 5. The van der Waals surface area contributed by atoms with Gasteiger partial charge >= 0.3 is 0 Å². The third kappa shape index (κ3) is 3.88. The van der Waals surface area contributed by atoms with Gasteiger partial charge in [-0.05, 0) is 31.9 Å². The summed E-state index contributed by atoms with van der Waals surface area (Å²) in [5.41, 5.74) is 2.71. The molecule has 1 saturated heterocycles. The lowest BCUT2D eigenvalue weighted by Crippen LogP contribution is -2.38. The van der Waals surface area contributed by atoms with Gasteiger partial charge in [0.2, 0.25) is 10.0 Å². The number of H-pyrrole nitrogens is 1. The maximum absolute atomic E-state index is 13.1. The van der Waals surface area contributed by atoms with Crippen LogP contribution in [-0.4, -0.2) is 58.7 Å². The Balaban J connectivity index is 1.49. The second-order valence-corrected chi connectivity index (χ2v) is 9.70.